The highest BCUT2D eigenvalue weighted by atomic mass is 19.4. The first kappa shape index (κ1) is 26.7. The van der Waals surface area contributed by atoms with Crippen molar-refractivity contribution < 1.29 is 39.9 Å². The van der Waals surface area contributed by atoms with Crippen molar-refractivity contribution in [2.24, 2.45) is 9.98 Å². The van der Waals surface area contributed by atoms with Crippen LogP contribution < -0.4 is 0 Å². The Labute approximate surface area is 162 Å². The lowest BCUT2D eigenvalue weighted by Gasteiger charge is -2.18. The predicted octanol–water partition coefficient (Wildman–Crippen LogP) is 6.05. The number of Topliss-reactive ketones (excluding diaryl/α,β-unsaturated/α-hetero) is 1. The normalized spacial score (nSPS) is 13.3. The minimum absolute atomic E-state index is 0.167. The van der Waals surface area contributed by atoms with E-state index in [1.807, 2.05) is 6.92 Å². The number of hydrogen-bond donors (Lipinski definition) is 0. The molecule has 0 aromatic heterocycles. The third kappa shape index (κ3) is 7.90. The molecular formula is C18H20F8N2O. The van der Waals surface area contributed by atoms with E-state index in [4.69, 9.17) is 0 Å². The lowest BCUT2D eigenvalue weighted by atomic mass is 9.97. The van der Waals surface area contributed by atoms with Crippen LogP contribution in [0.2, 0.25) is 0 Å². The number of carbonyl (C=O) groups excluding carboxylic acids is 1. The van der Waals surface area contributed by atoms with Crippen LogP contribution in [0.25, 0.3) is 0 Å². The van der Waals surface area contributed by atoms with Gasteiger partial charge < -0.3 is 0 Å². The summed E-state index contributed by atoms with van der Waals surface area (Å²) < 4.78 is 96.1. The number of ketones is 1. The molecule has 0 aliphatic carbocycles. The number of rotatable bonds is 3. The van der Waals surface area contributed by atoms with E-state index in [0.717, 1.165) is 24.4 Å². The van der Waals surface area contributed by atoms with Crippen LogP contribution in [0, 0.1) is 20.8 Å². The summed E-state index contributed by atoms with van der Waals surface area (Å²) in [6.07, 6.45) is -10.7. The third-order valence-electron chi connectivity index (χ3n) is 3.60. The monoisotopic (exact) mass is 432 g/mol. The first-order valence-corrected chi connectivity index (χ1v) is 8.06. The molecule has 11 heteroatoms. The second-order valence-electron chi connectivity index (χ2n) is 5.97. The average molecular weight is 432 g/mol. The van der Waals surface area contributed by atoms with E-state index in [0.29, 0.717) is 5.56 Å². The van der Waals surface area contributed by atoms with Gasteiger partial charge >= 0.3 is 18.3 Å². The number of halogens is 8. The van der Waals surface area contributed by atoms with Crippen molar-refractivity contribution in [1.29, 1.82) is 0 Å². The van der Waals surface area contributed by atoms with E-state index in [9.17, 15) is 39.9 Å². The Morgan fingerprint density at radius 2 is 1.41 bits per heavy atom. The topological polar surface area (TPSA) is 41.8 Å². The van der Waals surface area contributed by atoms with E-state index in [-0.39, 0.29) is 5.56 Å². The van der Waals surface area contributed by atoms with Crippen molar-refractivity contribution in [3.8, 4) is 0 Å². The van der Waals surface area contributed by atoms with Crippen molar-refractivity contribution >= 4 is 17.8 Å². The van der Waals surface area contributed by atoms with Gasteiger partial charge in [0.05, 0.1) is 0 Å². The molecule has 0 saturated heterocycles. The van der Waals surface area contributed by atoms with Gasteiger partial charge in [-0.3, -0.25) is 9.79 Å². The molecule has 0 fully saturated rings. The van der Waals surface area contributed by atoms with Crippen molar-refractivity contribution in [3.05, 3.63) is 34.4 Å². The minimum Gasteiger partial charge on any atom is -0.294 e. The summed E-state index contributed by atoms with van der Waals surface area (Å²) in [4.78, 5) is 17.0. The molecule has 29 heavy (non-hydrogen) atoms. The summed E-state index contributed by atoms with van der Waals surface area (Å²) in [5, 5.41) is 0. The lowest BCUT2D eigenvalue weighted by molar-refractivity contribution is -0.249. The van der Waals surface area contributed by atoms with Gasteiger partial charge in [0.15, 0.2) is 5.78 Å². The van der Waals surface area contributed by atoms with Crippen LogP contribution in [-0.4, -0.2) is 43.2 Å². The number of hydrogen-bond acceptors (Lipinski definition) is 2. The molecule has 0 amide bonds. The lowest BCUT2D eigenvalue weighted by Crippen LogP contribution is -2.43. The summed E-state index contributed by atoms with van der Waals surface area (Å²) in [5.74, 6) is -7.40. The fraction of sp³-hybridized carbons (Fsp3) is 0.500. The summed E-state index contributed by atoms with van der Waals surface area (Å²) in [7, 11) is 0.821. The molecule has 1 rings (SSSR count). The first-order chi connectivity index (χ1) is 13.0. The molecule has 0 saturated carbocycles. The van der Waals surface area contributed by atoms with Crippen LogP contribution >= 0.6 is 0 Å². The molecule has 0 aliphatic heterocycles. The summed E-state index contributed by atoms with van der Waals surface area (Å²) >= 11 is 0. The van der Waals surface area contributed by atoms with Crippen LogP contribution in [0.5, 0.6) is 0 Å². The highest BCUT2D eigenvalue weighted by Crippen LogP contribution is 2.36. The summed E-state index contributed by atoms with van der Waals surface area (Å²) in [6.45, 7) is 6.51. The van der Waals surface area contributed by atoms with E-state index in [1.165, 1.54) is 13.0 Å². The van der Waals surface area contributed by atoms with Crippen molar-refractivity contribution in [1.82, 2.24) is 0 Å². The molecule has 0 aliphatic rings. The number of nitrogens with zero attached hydrogens (tertiary/aromatic N) is 2. The van der Waals surface area contributed by atoms with Crippen LogP contribution in [0.1, 0.15) is 40.4 Å². The number of aryl methyl sites for hydroxylation is 3. The zero-order chi connectivity index (χ0) is 23.2. The van der Waals surface area contributed by atoms with Crippen molar-refractivity contribution in [3.63, 3.8) is 0 Å². The SMILES string of the molecule is CC=NC(=NC)C(F)(F)C(F)(F)F.Cc1cc(C)c(C(=O)CC(F)(F)F)cc1C. The van der Waals surface area contributed by atoms with Crippen LogP contribution in [0.15, 0.2) is 22.1 Å². The van der Waals surface area contributed by atoms with E-state index in [1.54, 1.807) is 19.9 Å². The van der Waals surface area contributed by atoms with Gasteiger partial charge in [-0.25, -0.2) is 4.99 Å². The quantitative estimate of drug-likeness (QED) is 0.248. The number of amidine groups is 1. The van der Waals surface area contributed by atoms with Gasteiger partial charge in [-0.15, -0.1) is 0 Å². The maximum absolute atomic E-state index is 12.4. The van der Waals surface area contributed by atoms with E-state index in [2.05, 4.69) is 9.98 Å². The van der Waals surface area contributed by atoms with Gasteiger partial charge in [0.1, 0.15) is 6.42 Å². The highest BCUT2D eigenvalue weighted by Gasteiger charge is 2.61. The molecule has 0 bridgehead atoms. The van der Waals surface area contributed by atoms with Crippen LogP contribution in [-0.2, 0) is 0 Å². The number of benzene rings is 1. The van der Waals surface area contributed by atoms with Gasteiger partial charge in [-0.2, -0.15) is 35.1 Å². The Kier molecular flexibility index (Phi) is 9.13. The largest absolute Gasteiger partial charge is 0.461 e. The maximum Gasteiger partial charge on any atom is 0.461 e. The van der Waals surface area contributed by atoms with E-state index >= 15 is 0 Å². The molecule has 164 valence electrons. The maximum atomic E-state index is 12.4. The summed E-state index contributed by atoms with van der Waals surface area (Å²) in [5.41, 5.74) is 2.56. The molecule has 3 nitrogen and oxygen atoms in total. The molecule has 0 N–H and O–H groups in total. The zero-order valence-electron chi connectivity index (χ0n) is 16.3. The fourth-order valence-corrected chi connectivity index (χ4v) is 2.07. The van der Waals surface area contributed by atoms with E-state index < -0.39 is 36.3 Å². The molecule has 0 unspecified atom stereocenters. The van der Waals surface area contributed by atoms with Crippen LogP contribution in [0.4, 0.5) is 35.1 Å². The third-order valence-corrected chi connectivity index (χ3v) is 3.60. The molecule has 1 aromatic carbocycles. The molecule has 1 aromatic rings. The Morgan fingerprint density at radius 1 is 0.931 bits per heavy atom. The first-order valence-electron chi connectivity index (χ1n) is 8.06. The minimum atomic E-state index is -5.66. The Balaban J connectivity index is 0.000000555. The van der Waals surface area contributed by atoms with Gasteiger partial charge in [0, 0.05) is 18.8 Å². The number of aliphatic imine (C=N–C) groups is 2. The van der Waals surface area contributed by atoms with Gasteiger partial charge in [0.2, 0.25) is 5.84 Å². The Hall–Kier alpha value is -2.33. The molecular weight excluding hydrogens is 412 g/mol. The van der Waals surface area contributed by atoms with Crippen molar-refractivity contribution in [2.75, 3.05) is 7.05 Å². The van der Waals surface area contributed by atoms with Gasteiger partial charge in [0.25, 0.3) is 0 Å². The standard InChI is InChI=1S/C12H13F3O.C6H7F5N2/c1-7-4-9(3)10(5-8(7)2)11(16)6-12(13,14)15;1-3-13-4(12-2)5(7,8)6(9,10)11/h4-5H,6H2,1-3H3;3H,1-2H3. The van der Waals surface area contributed by atoms with Crippen molar-refractivity contribution in [2.45, 2.75) is 52.4 Å². The Morgan fingerprint density at radius 3 is 1.79 bits per heavy atom. The smallest absolute Gasteiger partial charge is 0.294 e. The number of carbonyl (C=O) groups is 1. The fourth-order valence-electron chi connectivity index (χ4n) is 2.07. The zero-order valence-corrected chi connectivity index (χ0v) is 16.3. The van der Waals surface area contributed by atoms with Crippen LogP contribution in [0.3, 0.4) is 0 Å². The van der Waals surface area contributed by atoms with Gasteiger partial charge in [-0.1, -0.05) is 6.07 Å². The predicted molar refractivity (Wildman–Crippen MR) is 94.2 cm³/mol. The second kappa shape index (κ2) is 9.93. The molecule has 0 spiro atoms. The number of alkyl halides is 8. The second-order valence-corrected chi connectivity index (χ2v) is 5.97. The highest BCUT2D eigenvalue weighted by molar-refractivity contribution is 5.98. The van der Waals surface area contributed by atoms with Gasteiger partial charge in [-0.05, 0) is 50.5 Å². The summed E-state index contributed by atoms with van der Waals surface area (Å²) in [6, 6.07) is 3.26. The molecule has 0 atom stereocenters. The molecule has 0 radical (unpaired) electrons. The Bertz CT molecular complexity index is 777. The molecule has 0 heterocycles. The average Bonchev–Trinajstić information content (AvgIpc) is 2.53.